The molecule has 78 heavy (non-hydrogen) atoms. The molecule has 0 spiro atoms. The summed E-state index contributed by atoms with van der Waals surface area (Å²) >= 11 is 0. The van der Waals surface area contributed by atoms with Gasteiger partial charge in [-0.1, -0.05) is 95.7 Å². The molecule has 1 saturated carbocycles. The summed E-state index contributed by atoms with van der Waals surface area (Å²) in [6, 6.07) is 6.83. The first-order chi connectivity index (χ1) is 36.5. The molecule has 446 valence electrons. The molecule has 5 amide bonds. The van der Waals surface area contributed by atoms with Crippen LogP contribution in [-0.4, -0.2) is 222 Å². The largest absolute Gasteiger partial charge is 0.450 e. The van der Waals surface area contributed by atoms with Crippen molar-refractivity contribution < 1.29 is 97.6 Å². The van der Waals surface area contributed by atoms with Gasteiger partial charge in [0.1, 0.15) is 67.6 Å². The Morgan fingerprint density at radius 2 is 1.05 bits per heavy atom. The van der Waals surface area contributed by atoms with Crippen LogP contribution < -0.4 is 26.6 Å². The maximum Gasteiger partial charge on any atom is 0.407 e. The van der Waals surface area contributed by atoms with Crippen molar-refractivity contribution >= 4 is 54.5 Å². The number of rotatable bonds is 27. The van der Waals surface area contributed by atoms with Gasteiger partial charge in [0.15, 0.2) is 12.6 Å². The van der Waals surface area contributed by atoms with Crippen LogP contribution in [0.2, 0.25) is 77.1 Å². The molecule has 2 aliphatic heterocycles. The number of benzene rings is 1. The summed E-state index contributed by atoms with van der Waals surface area (Å²) in [6.45, 7) is 18.1. The number of nitrogens with one attached hydrogen (secondary N) is 5. The summed E-state index contributed by atoms with van der Waals surface area (Å²) in [5, 5.41) is 92.1. The highest BCUT2D eigenvalue weighted by atomic mass is 28.3. The van der Waals surface area contributed by atoms with Crippen LogP contribution in [0.25, 0.3) is 0 Å². The van der Waals surface area contributed by atoms with E-state index in [4.69, 9.17) is 37.9 Å². The van der Waals surface area contributed by atoms with Crippen molar-refractivity contribution in [2.75, 3.05) is 39.5 Å². The third kappa shape index (κ3) is 22.9. The van der Waals surface area contributed by atoms with Crippen LogP contribution in [0.5, 0.6) is 0 Å². The molecule has 2 heterocycles. The second kappa shape index (κ2) is 31.3. The van der Waals surface area contributed by atoms with Crippen LogP contribution in [0.1, 0.15) is 37.7 Å². The minimum Gasteiger partial charge on any atom is -0.450 e. The van der Waals surface area contributed by atoms with E-state index >= 15 is 0 Å². The van der Waals surface area contributed by atoms with Crippen molar-refractivity contribution in [1.82, 2.24) is 26.6 Å². The van der Waals surface area contributed by atoms with E-state index in [1.165, 1.54) is 0 Å². The molecule has 2 saturated heterocycles. The van der Waals surface area contributed by atoms with E-state index < -0.39 is 153 Å². The van der Waals surface area contributed by atoms with Gasteiger partial charge in [-0.05, 0) is 43.0 Å². The zero-order chi connectivity index (χ0) is 58.0. The predicted octanol–water partition coefficient (Wildman–Crippen LogP) is 1.67. The molecule has 3 fully saturated rings. The first-order valence-electron chi connectivity index (χ1n) is 26.9. The summed E-state index contributed by atoms with van der Waals surface area (Å²) in [5.74, 6) is -0.435. The van der Waals surface area contributed by atoms with Crippen molar-refractivity contribution in [2.45, 2.75) is 208 Å². The van der Waals surface area contributed by atoms with Crippen LogP contribution in [0.15, 0.2) is 30.3 Å². The van der Waals surface area contributed by atoms with Gasteiger partial charge < -0.3 is 100 Å². The summed E-state index contributed by atoms with van der Waals surface area (Å²) in [7, 11) is -5.02. The Bertz CT molecular complexity index is 2020. The van der Waals surface area contributed by atoms with Crippen LogP contribution in [-0.2, 0) is 49.3 Å². The average Bonchev–Trinajstić information content (AvgIpc) is 3.35. The number of carbonyl (C=O) groups excluding carboxylic acids is 5. The Hall–Kier alpha value is -4.02. The third-order valence-corrected chi connectivity index (χ3v) is 18.4. The van der Waals surface area contributed by atoms with Gasteiger partial charge in [-0.15, -0.1) is 0 Å². The molecule has 12 N–H and O–H groups in total. The highest BCUT2D eigenvalue weighted by Crippen LogP contribution is 2.33. The number of alkyl carbamates (subject to hydrolysis) is 4. The van der Waals surface area contributed by atoms with E-state index in [0.717, 1.165) is 5.56 Å². The molecule has 0 aromatic heterocycles. The van der Waals surface area contributed by atoms with Gasteiger partial charge in [0.2, 0.25) is 5.91 Å². The van der Waals surface area contributed by atoms with Crippen LogP contribution >= 0.6 is 0 Å². The Kier molecular flexibility index (Phi) is 26.6. The zero-order valence-electron chi connectivity index (χ0n) is 46.6. The molecule has 0 radical (unpaired) electrons. The van der Waals surface area contributed by atoms with E-state index in [9.17, 15) is 59.7 Å². The smallest absolute Gasteiger partial charge is 0.407 e. The molecular weight excluding hydrogens is 1070 g/mol. The topological polar surface area (TPSA) is 361 Å². The molecule has 0 unspecified atom stereocenters. The van der Waals surface area contributed by atoms with Crippen LogP contribution in [0.4, 0.5) is 19.2 Å². The maximum absolute atomic E-state index is 13.5. The number of ether oxygens (including phenoxy) is 8. The summed E-state index contributed by atoms with van der Waals surface area (Å²) in [6.07, 6.45) is -23.4. The quantitative estimate of drug-likeness (QED) is 0.0339. The van der Waals surface area contributed by atoms with E-state index in [2.05, 4.69) is 85.5 Å². The normalized spacial score (nSPS) is 29.6. The van der Waals surface area contributed by atoms with E-state index in [1.807, 2.05) is 30.3 Å². The van der Waals surface area contributed by atoms with Gasteiger partial charge in [-0.25, -0.2) is 19.2 Å². The fourth-order valence-corrected chi connectivity index (χ4v) is 10.6. The lowest BCUT2D eigenvalue weighted by Crippen LogP contribution is -2.70. The van der Waals surface area contributed by atoms with Gasteiger partial charge >= 0.3 is 24.4 Å². The molecule has 1 aliphatic carbocycles. The Labute approximate surface area is 460 Å². The van der Waals surface area contributed by atoms with Gasteiger partial charge in [0.25, 0.3) is 0 Å². The number of hydrogen-bond donors (Lipinski definition) is 12. The van der Waals surface area contributed by atoms with E-state index in [1.54, 1.807) is 0 Å². The number of unbranched alkanes of at least 4 members (excludes halogenated alkanes) is 2. The number of carbonyl (C=O) groups is 5. The average molecular weight is 1160 g/mol. The lowest BCUT2D eigenvalue weighted by Gasteiger charge is -2.49. The Morgan fingerprint density at radius 1 is 0.551 bits per heavy atom. The maximum atomic E-state index is 13.5. The molecule has 4 rings (SSSR count). The van der Waals surface area contributed by atoms with Gasteiger partial charge in [-0.2, -0.15) is 0 Å². The summed E-state index contributed by atoms with van der Waals surface area (Å²) in [5.41, 5.74) is 0.845. The molecule has 3 aliphatic rings. The van der Waals surface area contributed by atoms with Crippen molar-refractivity contribution in [2.24, 2.45) is 0 Å². The lowest BCUT2D eigenvalue weighted by molar-refractivity contribution is -0.334. The minimum atomic E-state index is -1.99. The molecule has 28 heteroatoms. The van der Waals surface area contributed by atoms with Crippen molar-refractivity contribution in [1.29, 1.82) is 0 Å². The van der Waals surface area contributed by atoms with Gasteiger partial charge in [0.05, 0.1) is 44.6 Å². The molecule has 25 nitrogen and oxygen atoms in total. The molecule has 0 bridgehead atoms. The third-order valence-electron chi connectivity index (χ3n) is 13.3. The lowest BCUT2D eigenvalue weighted by atomic mass is 9.83. The van der Waals surface area contributed by atoms with Crippen molar-refractivity contribution in [3.8, 4) is 0 Å². The minimum absolute atomic E-state index is 0.0418. The predicted molar refractivity (Wildman–Crippen MR) is 290 cm³/mol. The monoisotopic (exact) mass is 1160 g/mol. The first-order valence-corrected chi connectivity index (χ1v) is 38.0. The summed E-state index contributed by atoms with van der Waals surface area (Å²) in [4.78, 5) is 65.0. The highest BCUT2D eigenvalue weighted by molar-refractivity contribution is 6.76. The zero-order valence-corrected chi connectivity index (χ0v) is 49.6. The molecule has 1 aromatic carbocycles. The Morgan fingerprint density at radius 3 is 1.56 bits per heavy atom. The van der Waals surface area contributed by atoms with Crippen LogP contribution in [0.3, 0.4) is 0 Å². The molecular formula is C50H89N5O20Si3. The van der Waals surface area contributed by atoms with Gasteiger partial charge in [0, 0.05) is 43.7 Å². The summed E-state index contributed by atoms with van der Waals surface area (Å²) < 4.78 is 45.9. The van der Waals surface area contributed by atoms with Gasteiger partial charge in [-0.3, -0.25) is 4.79 Å². The second-order valence-corrected chi connectivity index (χ2v) is 40.6. The fourth-order valence-electron chi connectivity index (χ4n) is 8.48. The van der Waals surface area contributed by atoms with Crippen molar-refractivity contribution in [3.05, 3.63) is 35.9 Å². The molecule has 15 atom stereocenters. The first kappa shape index (κ1) is 66.5. The van der Waals surface area contributed by atoms with E-state index in [-0.39, 0.29) is 45.8 Å². The van der Waals surface area contributed by atoms with Crippen LogP contribution in [0, 0.1) is 0 Å². The standard InChI is InChI=1S/C50H89N5O20Si3/c1-76(2,3)23-20-68-48(65)53-31-26-32(54-49(66)69-21-24-77(4,5)6)44(42(63)43(31)74-45-39(60)36(37(58)34(28-56)73-45)55-50(67)70-22-25-78(7,8)9)75-46-41(62)40(61)38(59)33(72-46)27-52-35(57)18-14-11-15-19-51-47(64)71-29-30-16-12-10-13-17-30/h10,12-13,16-17,31-34,36-46,56,58-63H,11,14-15,18-29H2,1-9H3,(H,51,64)(H,52,57)(H,53,65)(H,54,66)(H,55,67)/t31-,32+,33-,34-,36+,37-,38-,39-,40+,41-,42-,43+,44-,45-,46-/m1/s1. The number of hydrogen-bond acceptors (Lipinski definition) is 20. The Balaban J connectivity index is 1.53. The number of amides is 5. The number of aliphatic hydroxyl groups is 7. The SMILES string of the molecule is C[Si](C)(C)CCOC(=O)N[C@@H]1[C@@H](O)[C@@H](O[C@@H]2[C@@H](O)[C@H](O[C@H]3O[C@H](CNC(=O)CCCCCNC(=O)OCc4ccccc4)[C@@H](O)[C@H](O)[C@H]3O)[C@@H](NC(=O)OCC[Si](C)(C)C)C[C@H]2NC(=O)OCC[Si](C)(C)C)O[C@H](CO)[C@H]1O. The van der Waals surface area contributed by atoms with E-state index in [0.29, 0.717) is 43.9 Å². The fraction of sp³-hybridized carbons (Fsp3) is 0.780. The number of aliphatic hydroxyl groups excluding tert-OH is 7. The second-order valence-electron chi connectivity index (χ2n) is 23.8. The molecule has 1 aromatic rings. The van der Waals surface area contributed by atoms with Crippen molar-refractivity contribution in [3.63, 3.8) is 0 Å². The highest BCUT2D eigenvalue weighted by Gasteiger charge is 2.54.